The highest BCUT2D eigenvalue weighted by molar-refractivity contribution is 5.95. The van der Waals surface area contributed by atoms with E-state index >= 15 is 0 Å². The van der Waals surface area contributed by atoms with E-state index in [4.69, 9.17) is 0 Å². The number of nitrogens with zero attached hydrogens (tertiary/aromatic N) is 1. The van der Waals surface area contributed by atoms with E-state index in [0.717, 1.165) is 18.5 Å². The van der Waals surface area contributed by atoms with Crippen LogP contribution in [0.25, 0.3) is 5.57 Å². The summed E-state index contributed by atoms with van der Waals surface area (Å²) in [6.07, 6.45) is 1.03. The second-order valence-electron chi connectivity index (χ2n) is 5.85. The minimum absolute atomic E-state index is 0.0000477. The van der Waals surface area contributed by atoms with Gasteiger partial charge in [0.2, 0.25) is 0 Å². The minimum Gasteiger partial charge on any atom is -0.351 e. The molecule has 0 spiro atoms. The lowest BCUT2D eigenvalue weighted by molar-refractivity contribution is 0.0951. The molecule has 0 atom stereocenters. The van der Waals surface area contributed by atoms with Crippen molar-refractivity contribution in [2.24, 2.45) is 0 Å². The zero-order valence-corrected chi connectivity index (χ0v) is 14.2. The van der Waals surface area contributed by atoms with Crippen LogP contribution in [-0.2, 0) is 0 Å². The zero-order valence-electron chi connectivity index (χ0n) is 14.2. The number of hydrogen-bond acceptors (Lipinski definition) is 2. The van der Waals surface area contributed by atoms with Crippen LogP contribution in [-0.4, -0.2) is 38.0 Å². The van der Waals surface area contributed by atoms with E-state index in [1.165, 1.54) is 22.3 Å². The Bertz CT molecular complexity index is 530. The Hall–Kier alpha value is -1.61. The van der Waals surface area contributed by atoms with Crippen molar-refractivity contribution in [2.75, 3.05) is 27.2 Å². The Morgan fingerprint density at radius 1 is 1.24 bits per heavy atom. The molecule has 0 aliphatic heterocycles. The Balaban J connectivity index is 2.94. The van der Waals surface area contributed by atoms with Gasteiger partial charge >= 0.3 is 0 Å². The topological polar surface area (TPSA) is 32.3 Å². The van der Waals surface area contributed by atoms with Crippen LogP contribution in [0, 0.1) is 6.92 Å². The van der Waals surface area contributed by atoms with E-state index < -0.39 is 0 Å². The molecule has 116 valence electrons. The Labute approximate surface area is 129 Å². The Kier molecular flexibility index (Phi) is 6.63. The fourth-order valence-corrected chi connectivity index (χ4v) is 2.16. The minimum atomic E-state index is 0.0000477. The average molecular weight is 288 g/mol. The summed E-state index contributed by atoms with van der Waals surface area (Å²) in [5, 5.41) is 2.96. The number of allylic oxidation sites excluding steroid dienone is 2. The quantitative estimate of drug-likeness (QED) is 0.869. The summed E-state index contributed by atoms with van der Waals surface area (Å²) in [4.78, 5) is 14.3. The fourth-order valence-electron chi connectivity index (χ4n) is 2.16. The maximum absolute atomic E-state index is 12.2. The molecular weight excluding hydrogens is 260 g/mol. The van der Waals surface area contributed by atoms with Gasteiger partial charge in [0.25, 0.3) is 5.91 Å². The third-order valence-corrected chi connectivity index (χ3v) is 3.92. The molecule has 0 bridgehead atoms. The summed E-state index contributed by atoms with van der Waals surface area (Å²) in [6, 6.07) is 5.94. The summed E-state index contributed by atoms with van der Waals surface area (Å²) in [7, 11) is 4.00. The molecule has 0 saturated heterocycles. The first-order valence-corrected chi connectivity index (χ1v) is 7.57. The maximum atomic E-state index is 12.2. The van der Waals surface area contributed by atoms with Gasteiger partial charge in [0.15, 0.2) is 0 Å². The van der Waals surface area contributed by atoms with Gasteiger partial charge in [-0.2, -0.15) is 0 Å². The van der Waals surface area contributed by atoms with Crippen LogP contribution in [0.4, 0.5) is 0 Å². The number of nitrogens with one attached hydrogen (secondary N) is 1. The summed E-state index contributed by atoms with van der Waals surface area (Å²) in [5.41, 5.74) is 5.76. The molecule has 0 fully saturated rings. The van der Waals surface area contributed by atoms with E-state index in [0.29, 0.717) is 6.54 Å². The van der Waals surface area contributed by atoms with Crippen molar-refractivity contribution < 1.29 is 4.79 Å². The van der Waals surface area contributed by atoms with Gasteiger partial charge in [0, 0.05) is 18.7 Å². The van der Waals surface area contributed by atoms with E-state index in [1.807, 2.05) is 32.3 Å². The third-order valence-electron chi connectivity index (χ3n) is 3.92. The van der Waals surface area contributed by atoms with Gasteiger partial charge < -0.3 is 10.2 Å². The van der Waals surface area contributed by atoms with Crippen LogP contribution in [0.1, 0.15) is 48.7 Å². The van der Waals surface area contributed by atoms with E-state index in [1.54, 1.807) is 0 Å². The van der Waals surface area contributed by atoms with E-state index in [2.05, 4.69) is 37.9 Å². The molecule has 1 aromatic carbocycles. The van der Waals surface area contributed by atoms with Gasteiger partial charge in [-0.15, -0.1) is 0 Å². The van der Waals surface area contributed by atoms with Crippen LogP contribution in [0.2, 0.25) is 0 Å². The standard InChI is InChI=1S/C18H28N2O/c1-7-13(2)15(4)17-12-16(9-8-14(17)3)18(21)19-10-11-20(5)6/h8-9,12H,7,10-11H2,1-6H3,(H,19,21)/b15-13-. The lowest BCUT2D eigenvalue weighted by atomic mass is 9.95. The van der Waals surface area contributed by atoms with Crippen molar-refractivity contribution in [3.05, 3.63) is 40.5 Å². The van der Waals surface area contributed by atoms with Crippen LogP contribution >= 0.6 is 0 Å². The highest BCUT2D eigenvalue weighted by atomic mass is 16.1. The van der Waals surface area contributed by atoms with Gasteiger partial charge in [0.05, 0.1) is 0 Å². The van der Waals surface area contributed by atoms with Crippen molar-refractivity contribution in [1.29, 1.82) is 0 Å². The summed E-state index contributed by atoms with van der Waals surface area (Å²) < 4.78 is 0. The number of rotatable bonds is 6. The van der Waals surface area contributed by atoms with Crippen molar-refractivity contribution in [1.82, 2.24) is 10.2 Å². The number of benzene rings is 1. The van der Waals surface area contributed by atoms with Crippen LogP contribution in [0.3, 0.4) is 0 Å². The number of aryl methyl sites for hydroxylation is 1. The lowest BCUT2D eigenvalue weighted by Crippen LogP contribution is -2.31. The summed E-state index contributed by atoms with van der Waals surface area (Å²) in [5.74, 6) is 0.0000477. The molecule has 1 aromatic rings. The van der Waals surface area contributed by atoms with Gasteiger partial charge in [-0.25, -0.2) is 0 Å². The van der Waals surface area contributed by atoms with Crippen LogP contribution in [0.5, 0.6) is 0 Å². The van der Waals surface area contributed by atoms with Gasteiger partial charge in [-0.1, -0.05) is 18.6 Å². The predicted octanol–water partition coefficient (Wildman–Crippen LogP) is 3.49. The predicted molar refractivity (Wildman–Crippen MR) is 90.6 cm³/mol. The molecule has 0 heterocycles. The van der Waals surface area contributed by atoms with Gasteiger partial charge in [0.1, 0.15) is 0 Å². The lowest BCUT2D eigenvalue weighted by Gasteiger charge is -2.13. The maximum Gasteiger partial charge on any atom is 0.251 e. The fraction of sp³-hybridized carbons (Fsp3) is 0.500. The number of hydrogen-bond donors (Lipinski definition) is 1. The number of amides is 1. The van der Waals surface area contributed by atoms with Gasteiger partial charge in [-0.05, 0) is 70.1 Å². The molecule has 0 aliphatic rings. The largest absolute Gasteiger partial charge is 0.351 e. The van der Waals surface area contributed by atoms with Crippen molar-refractivity contribution in [2.45, 2.75) is 34.1 Å². The Morgan fingerprint density at radius 2 is 1.90 bits per heavy atom. The average Bonchev–Trinajstić information content (AvgIpc) is 2.45. The first kappa shape index (κ1) is 17.4. The molecule has 3 nitrogen and oxygen atoms in total. The highest BCUT2D eigenvalue weighted by Crippen LogP contribution is 2.24. The first-order valence-electron chi connectivity index (χ1n) is 7.57. The monoisotopic (exact) mass is 288 g/mol. The SMILES string of the molecule is CC/C(C)=C(/C)c1cc(C(=O)NCCN(C)C)ccc1C. The van der Waals surface area contributed by atoms with Crippen LogP contribution < -0.4 is 5.32 Å². The van der Waals surface area contributed by atoms with Crippen molar-refractivity contribution in [3.63, 3.8) is 0 Å². The molecule has 21 heavy (non-hydrogen) atoms. The summed E-state index contributed by atoms with van der Waals surface area (Å²) in [6.45, 7) is 10.0. The zero-order chi connectivity index (χ0) is 16.0. The second kappa shape index (κ2) is 7.99. The van der Waals surface area contributed by atoms with Crippen molar-refractivity contribution in [3.8, 4) is 0 Å². The molecule has 1 amide bonds. The van der Waals surface area contributed by atoms with Crippen molar-refractivity contribution >= 4 is 11.5 Å². The van der Waals surface area contributed by atoms with Gasteiger partial charge in [-0.3, -0.25) is 4.79 Å². The number of carbonyl (C=O) groups excluding carboxylic acids is 1. The molecule has 3 heteroatoms. The molecule has 0 saturated carbocycles. The summed E-state index contributed by atoms with van der Waals surface area (Å²) >= 11 is 0. The normalized spacial score (nSPS) is 12.3. The van der Waals surface area contributed by atoms with E-state index in [9.17, 15) is 4.79 Å². The Morgan fingerprint density at radius 3 is 2.48 bits per heavy atom. The molecular formula is C18H28N2O. The second-order valence-corrected chi connectivity index (χ2v) is 5.85. The molecule has 1 N–H and O–H groups in total. The van der Waals surface area contributed by atoms with E-state index in [-0.39, 0.29) is 5.91 Å². The number of likely N-dealkylation sites (N-methyl/N-ethyl adjacent to an activating group) is 1. The molecule has 0 aromatic heterocycles. The smallest absolute Gasteiger partial charge is 0.251 e. The molecule has 1 rings (SSSR count). The molecule has 0 radical (unpaired) electrons. The third kappa shape index (κ3) is 5.01. The molecule has 0 unspecified atom stereocenters. The number of carbonyl (C=O) groups is 1. The van der Waals surface area contributed by atoms with Crippen LogP contribution in [0.15, 0.2) is 23.8 Å². The first-order chi connectivity index (χ1) is 9.86. The highest BCUT2D eigenvalue weighted by Gasteiger charge is 2.10. The molecule has 0 aliphatic carbocycles.